The van der Waals surface area contributed by atoms with Crippen LogP contribution in [0.25, 0.3) is 16.9 Å². The molecule has 1 aromatic carbocycles. The first-order chi connectivity index (χ1) is 17.3. The zero-order chi connectivity index (χ0) is 23.5. The maximum atomic E-state index is 5.46. The predicted octanol–water partition coefficient (Wildman–Crippen LogP) is 4.46. The normalized spacial score (nSPS) is 13.8. The van der Waals surface area contributed by atoms with E-state index in [0.29, 0.717) is 23.8 Å². The number of hydrogen-bond donors (Lipinski definition) is 2. The van der Waals surface area contributed by atoms with Gasteiger partial charge in [-0.2, -0.15) is 21.3 Å². The van der Waals surface area contributed by atoms with Crippen LogP contribution in [0.4, 0.5) is 23.1 Å². The van der Waals surface area contributed by atoms with Gasteiger partial charge in [0.05, 0.1) is 18.9 Å². The number of ether oxygens (including phenoxy) is 1. The highest BCUT2D eigenvalue weighted by atomic mass is 32.1. The maximum absolute atomic E-state index is 5.46. The highest BCUT2D eigenvalue weighted by Gasteiger charge is 2.16. The van der Waals surface area contributed by atoms with Crippen LogP contribution in [-0.4, -0.2) is 50.8 Å². The molecule has 0 bridgehead atoms. The summed E-state index contributed by atoms with van der Waals surface area (Å²) in [7, 11) is 0. The number of nitrogens with zero attached hydrogens (tertiary/aromatic N) is 6. The Kier molecular flexibility index (Phi) is 5.95. The number of benzene rings is 1. The third-order valence-electron chi connectivity index (χ3n) is 5.86. The fraction of sp³-hybridized carbons (Fsp3) is 0.200. The molecule has 1 aliphatic rings. The fourth-order valence-corrected chi connectivity index (χ4v) is 4.69. The summed E-state index contributed by atoms with van der Waals surface area (Å²) >= 11 is 1.64. The first kappa shape index (κ1) is 21.5. The van der Waals surface area contributed by atoms with Crippen molar-refractivity contribution in [2.24, 2.45) is 0 Å². The molecule has 0 amide bonds. The van der Waals surface area contributed by atoms with Gasteiger partial charge < -0.3 is 20.3 Å². The molecule has 6 rings (SSSR count). The van der Waals surface area contributed by atoms with Gasteiger partial charge in [-0.25, -0.2) is 4.98 Å². The molecule has 4 aromatic heterocycles. The van der Waals surface area contributed by atoms with E-state index in [9.17, 15) is 0 Å². The lowest BCUT2D eigenvalue weighted by Gasteiger charge is -2.28. The molecule has 0 radical (unpaired) electrons. The Morgan fingerprint density at radius 2 is 1.89 bits per heavy atom. The summed E-state index contributed by atoms with van der Waals surface area (Å²) < 4.78 is 7.44. The molecule has 2 N–H and O–H groups in total. The Bertz CT molecular complexity index is 1400. The molecule has 0 aliphatic carbocycles. The summed E-state index contributed by atoms with van der Waals surface area (Å²) in [6, 6.07) is 14.3. The summed E-state index contributed by atoms with van der Waals surface area (Å²) in [5, 5.41) is 10.9. The molecule has 10 heteroatoms. The number of nitrogens with one attached hydrogen (secondary N) is 2. The molecule has 0 atom stereocenters. The van der Waals surface area contributed by atoms with Crippen molar-refractivity contribution in [3.05, 3.63) is 77.5 Å². The van der Waals surface area contributed by atoms with Crippen LogP contribution in [0.2, 0.25) is 0 Å². The molecule has 5 aromatic rings. The minimum atomic E-state index is 0.502. The minimum absolute atomic E-state index is 0.502. The zero-order valence-corrected chi connectivity index (χ0v) is 19.8. The van der Waals surface area contributed by atoms with Crippen LogP contribution in [0.3, 0.4) is 0 Å². The summed E-state index contributed by atoms with van der Waals surface area (Å²) in [4.78, 5) is 20.7. The lowest BCUT2D eigenvalue weighted by atomic mass is 10.2. The van der Waals surface area contributed by atoms with Crippen LogP contribution in [-0.2, 0) is 11.3 Å². The molecule has 0 spiro atoms. The van der Waals surface area contributed by atoms with Crippen molar-refractivity contribution < 1.29 is 4.74 Å². The van der Waals surface area contributed by atoms with Gasteiger partial charge in [-0.1, -0.05) is 6.07 Å². The van der Waals surface area contributed by atoms with E-state index in [4.69, 9.17) is 14.7 Å². The second-order valence-electron chi connectivity index (χ2n) is 8.15. The van der Waals surface area contributed by atoms with E-state index < -0.39 is 0 Å². The number of pyridine rings is 1. The highest BCUT2D eigenvalue weighted by Crippen LogP contribution is 2.27. The number of rotatable bonds is 7. The van der Waals surface area contributed by atoms with E-state index in [0.717, 1.165) is 48.9 Å². The molecule has 176 valence electrons. The fourth-order valence-electron chi connectivity index (χ4n) is 4.06. The van der Waals surface area contributed by atoms with Crippen molar-refractivity contribution in [3.63, 3.8) is 0 Å². The molecule has 5 heterocycles. The molecule has 1 fully saturated rings. The Hall–Kier alpha value is -4.02. The average Bonchev–Trinajstić information content (AvgIpc) is 3.59. The monoisotopic (exact) mass is 484 g/mol. The maximum Gasteiger partial charge on any atom is 0.231 e. The van der Waals surface area contributed by atoms with Gasteiger partial charge in [0.1, 0.15) is 6.33 Å². The van der Waals surface area contributed by atoms with Gasteiger partial charge in [0.2, 0.25) is 5.95 Å². The van der Waals surface area contributed by atoms with E-state index in [1.54, 1.807) is 23.9 Å². The molecule has 1 aliphatic heterocycles. The Balaban J connectivity index is 1.31. The number of morpholine rings is 1. The summed E-state index contributed by atoms with van der Waals surface area (Å²) in [6.45, 7) is 3.93. The van der Waals surface area contributed by atoms with Crippen molar-refractivity contribution in [3.8, 4) is 5.69 Å². The molecular weight excluding hydrogens is 460 g/mol. The standard InChI is InChI=1S/C25H24N8OS/c1-2-18(14-26-8-1)15-27-23-22-24(33(17-28-22)21-7-13-35-16-21)31-25(30-23)29-19-3-5-20(6-4-19)32-9-11-34-12-10-32/h1-8,13-14,16-17H,9-12,15H2,(H2,27,29,30,31). The van der Waals surface area contributed by atoms with Crippen LogP contribution in [0.15, 0.2) is 71.9 Å². The van der Waals surface area contributed by atoms with E-state index in [-0.39, 0.29) is 0 Å². The Morgan fingerprint density at radius 1 is 1.00 bits per heavy atom. The third-order valence-corrected chi connectivity index (χ3v) is 6.53. The molecule has 35 heavy (non-hydrogen) atoms. The van der Waals surface area contributed by atoms with E-state index in [2.05, 4.69) is 55.1 Å². The van der Waals surface area contributed by atoms with E-state index in [1.807, 2.05) is 34.3 Å². The van der Waals surface area contributed by atoms with Crippen molar-refractivity contribution in [1.29, 1.82) is 0 Å². The van der Waals surface area contributed by atoms with Gasteiger partial charge in [-0.3, -0.25) is 9.55 Å². The van der Waals surface area contributed by atoms with Crippen LogP contribution in [0, 0.1) is 0 Å². The first-order valence-electron chi connectivity index (χ1n) is 11.4. The number of thiophene rings is 1. The number of imidazole rings is 1. The smallest absolute Gasteiger partial charge is 0.231 e. The second kappa shape index (κ2) is 9.69. The Morgan fingerprint density at radius 3 is 2.66 bits per heavy atom. The number of fused-ring (bicyclic) bond motifs is 1. The predicted molar refractivity (Wildman–Crippen MR) is 139 cm³/mol. The zero-order valence-electron chi connectivity index (χ0n) is 19.0. The molecule has 0 saturated carbocycles. The van der Waals surface area contributed by atoms with Crippen LogP contribution < -0.4 is 15.5 Å². The second-order valence-corrected chi connectivity index (χ2v) is 8.93. The van der Waals surface area contributed by atoms with E-state index in [1.165, 1.54) is 5.69 Å². The minimum Gasteiger partial charge on any atom is -0.378 e. The first-order valence-corrected chi connectivity index (χ1v) is 12.4. The third kappa shape index (κ3) is 4.66. The lowest BCUT2D eigenvalue weighted by molar-refractivity contribution is 0.122. The summed E-state index contributed by atoms with van der Waals surface area (Å²) in [6.07, 6.45) is 5.39. The van der Waals surface area contributed by atoms with Crippen LogP contribution >= 0.6 is 11.3 Å². The van der Waals surface area contributed by atoms with Gasteiger partial charge in [-0.15, -0.1) is 0 Å². The lowest BCUT2D eigenvalue weighted by Crippen LogP contribution is -2.36. The van der Waals surface area contributed by atoms with Gasteiger partial charge in [0, 0.05) is 48.8 Å². The number of hydrogen-bond acceptors (Lipinski definition) is 9. The van der Waals surface area contributed by atoms with Gasteiger partial charge >= 0.3 is 0 Å². The van der Waals surface area contributed by atoms with Gasteiger partial charge in [0.15, 0.2) is 17.0 Å². The van der Waals surface area contributed by atoms with Crippen molar-refractivity contribution in [1.82, 2.24) is 24.5 Å². The molecule has 1 saturated heterocycles. The highest BCUT2D eigenvalue weighted by molar-refractivity contribution is 7.08. The SMILES string of the molecule is c1cncc(CNc2nc(Nc3ccc(N4CCOCC4)cc3)nc3c2ncn3-c2ccsc2)c1. The largest absolute Gasteiger partial charge is 0.378 e. The number of anilines is 4. The number of aromatic nitrogens is 5. The van der Waals surface area contributed by atoms with E-state index >= 15 is 0 Å². The summed E-state index contributed by atoms with van der Waals surface area (Å²) in [5.74, 6) is 1.17. The topological polar surface area (TPSA) is 93.0 Å². The quantitative estimate of drug-likeness (QED) is 0.350. The van der Waals surface area contributed by atoms with Crippen molar-refractivity contribution in [2.45, 2.75) is 6.54 Å². The summed E-state index contributed by atoms with van der Waals surface area (Å²) in [5.41, 5.74) is 5.64. The van der Waals surface area contributed by atoms with Crippen molar-refractivity contribution >= 4 is 45.6 Å². The van der Waals surface area contributed by atoms with Gasteiger partial charge in [-0.05, 0) is 47.3 Å². The van der Waals surface area contributed by atoms with Crippen LogP contribution in [0.5, 0.6) is 0 Å². The molecule has 9 nitrogen and oxygen atoms in total. The van der Waals surface area contributed by atoms with Crippen molar-refractivity contribution in [2.75, 3.05) is 41.8 Å². The molecular formula is C25H24N8OS. The van der Waals surface area contributed by atoms with Crippen LogP contribution in [0.1, 0.15) is 5.56 Å². The Labute approximate surface area is 206 Å². The average molecular weight is 485 g/mol. The molecule has 0 unspecified atom stereocenters. The van der Waals surface area contributed by atoms with Gasteiger partial charge in [0.25, 0.3) is 0 Å².